The normalized spacial score (nSPS) is 15.8. The number of hydrogen-bond acceptors (Lipinski definition) is 1. The minimum absolute atomic E-state index is 0.259. The molecule has 0 saturated heterocycles. The maximum absolute atomic E-state index is 13.1. The lowest BCUT2D eigenvalue weighted by molar-refractivity contribution is 0.220. The van der Waals surface area contributed by atoms with Gasteiger partial charge in [-0.1, -0.05) is 35.9 Å². The van der Waals surface area contributed by atoms with Gasteiger partial charge in [0.05, 0.1) is 0 Å². The average Bonchev–Trinajstić information content (AvgIpc) is 2.46. The van der Waals surface area contributed by atoms with E-state index in [1.165, 1.54) is 36.1 Å². The highest BCUT2D eigenvalue weighted by atomic mass is 35.5. The number of hydrogen-bond donors (Lipinski definition) is 1. The number of benzene rings is 2. The van der Waals surface area contributed by atoms with Gasteiger partial charge in [-0.15, -0.1) is 0 Å². The van der Waals surface area contributed by atoms with Crippen LogP contribution < -0.4 is 0 Å². The van der Waals surface area contributed by atoms with E-state index >= 15 is 0 Å². The van der Waals surface area contributed by atoms with Crippen LogP contribution in [0.2, 0.25) is 5.02 Å². The number of aliphatic hydroxyl groups excluding tert-OH is 1. The molecule has 1 unspecified atom stereocenters. The van der Waals surface area contributed by atoms with Crippen LogP contribution in [0.5, 0.6) is 0 Å². The van der Waals surface area contributed by atoms with Gasteiger partial charge in [0.15, 0.2) is 0 Å². The molecule has 0 bridgehead atoms. The van der Waals surface area contributed by atoms with Crippen molar-refractivity contribution in [3.63, 3.8) is 0 Å². The quantitative estimate of drug-likeness (QED) is 0.867. The van der Waals surface area contributed by atoms with Gasteiger partial charge in [0.25, 0.3) is 0 Å². The lowest BCUT2D eigenvalue weighted by Gasteiger charge is -2.19. The SMILES string of the molecule is OC(c1ccc2c(c1)CCCC2)c1ccc(F)cc1Cl. The zero-order chi connectivity index (χ0) is 14.1. The molecule has 0 spiro atoms. The van der Waals surface area contributed by atoms with E-state index in [9.17, 15) is 9.50 Å². The van der Waals surface area contributed by atoms with E-state index in [0.717, 1.165) is 18.4 Å². The van der Waals surface area contributed by atoms with Gasteiger partial charge in [-0.05, 0) is 54.5 Å². The Balaban J connectivity index is 1.95. The van der Waals surface area contributed by atoms with Gasteiger partial charge in [-0.3, -0.25) is 0 Å². The Kier molecular flexibility index (Phi) is 3.77. The highest BCUT2D eigenvalue weighted by molar-refractivity contribution is 6.31. The number of rotatable bonds is 2. The third-order valence-corrected chi connectivity index (χ3v) is 4.27. The lowest BCUT2D eigenvalue weighted by atomic mass is 9.88. The van der Waals surface area contributed by atoms with E-state index in [2.05, 4.69) is 12.1 Å². The molecule has 0 saturated carbocycles. The number of fused-ring (bicyclic) bond motifs is 1. The maximum atomic E-state index is 13.1. The second-order valence-electron chi connectivity index (χ2n) is 5.30. The average molecular weight is 291 g/mol. The highest BCUT2D eigenvalue weighted by Gasteiger charge is 2.17. The van der Waals surface area contributed by atoms with Crippen LogP contribution in [0.1, 0.15) is 41.2 Å². The van der Waals surface area contributed by atoms with Gasteiger partial charge in [-0.2, -0.15) is 0 Å². The van der Waals surface area contributed by atoms with Crippen molar-refractivity contribution in [2.45, 2.75) is 31.8 Å². The Morgan fingerprint density at radius 1 is 1.00 bits per heavy atom. The van der Waals surface area contributed by atoms with Crippen LogP contribution in [0.4, 0.5) is 4.39 Å². The van der Waals surface area contributed by atoms with Crippen molar-refractivity contribution < 1.29 is 9.50 Å². The first-order valence-corrected chi connectivity index (χ1v) is 7.27. The molecule has 1 aliphatic rings. The smallest absolute Gasteiger partial charge is 0.124 e. The number of aryl methyl sites for hydroxylation is 2. The van der Waals surface area contributed by atoms with Gasteiger partial charge in [0.1, 0.15) is 11.9 Å². The molecule has 0 aliphatic heterocycles. The maximum Gasteiger partial charge on any atom is 0.124 e. The predicted octanol–water partition coefficient (Wildman–Crippen LogP) is 4.44. The largest absolute Gasteiger partial charge is 0.384 e. The van der Waals surface area contributed by atoms with E-state index in [1.807, 2.05) is 6.07 Å². The summed E-state index contributed by atoms with van der Waals surface area (Å²) in [4.78, 5) is 0. The zero-order valence-corrected chi connectivity index (χ0v) is 11.8. The van der Waals surface area contributed by atoms with E-state index < -0.39 is 11.9 Å². The molecule has 1 nitrogen and oxygen atoms in total. The van der Waals surface area contributed by atoms with Crippen molar-refractivity contribution in [1.29, 1.82) is 0 Å². The first-order chi connectivity index (χ1) is 9.65. The molecular formula is C17H16ClFO. The fourth-order valence-electron chi connectivity index (χ4n) is 2.83. The van der Waals surface area contributed by atoms with Crippen LogP contribution in [-0.4, -0.2) is 5.11 Å². The summed E-state index contributed by atoms with van der Waals surface area (Å²) in [7, 11) is 0. The van der Waals surface area contributed by atoms with Crippen LogP contribution in [0.3, 0.4) is 0 Å². The number of aliphatic hydroxyl groups is 1. The zero-order valence-electron chi connectivity index (χ0n) is 11.1. The summed E-state index contributed by atoms with van der Waals surface area (Å²) in [5, 5.41) is 10.7. The molecule has 2 aromatic carbocycles. The molecule has 1 N–H and O–H groups in total. The number of halogens is 2. The molecule has 3 heteroatoms. The fourth-order valence-corrected chi connectivity index (χ4v) is 3.10. The molecule has 20 heavy (non-hydrogen) atoms. The predicted molar refractivity (Wildman–Crippen MR) is 78.6 cm³/mol. The summed E-state index contributed by atoms with van der Waals surface area (Å²) in [5.41, 5.74) is 4.05. The van der Waals surface area contributed by atoms with Crippen LogP contribution in [0, 0.1) is 5.82 Å². The van der Waals surface area contributed by atoms with Crippen molar-refractivity contribution in [2.24, 2.45) is 0 Å². The molecule has 0 fully saturated rings. The fraction of sp³-hybridized carbons (Fsp3) is 0.294. The van der Waals surface area contributed by atoms with Crippen LogP contribution in [-0.2, 0) is 12.8 Å². The van der Waals surface area contributed by atoms with E-state index in [0.29, 0.717) is 5.56 Å². The van der Waals surface area contributed by atoms with Gasteiger partial charge >= 0.3 is 0 Å². The Hall–Kier alpha value is -1.38. The van der Waals surface area contributed by atoms with Crippen molar-refractivity contribution >= 4 is 11.6 Å². The van der Waals surface area contributed by atoms with Gasteiger partial charge < -0.3 is 5.11 Å². The second-order valence-corrected chi connectivity index (χ2v) is 5.71. The van der Waals surface area contributed by atoms with E-state index in [1.54, 1.807) is 6.07 Å². The molecule has 0 radical (unpaired) electrons. The van der Waals surface area contributed by atoms with E-state index in [-0.39, 0.29) is 5.02 Å². The lowest BCUT2D eigenvalue weighted by Crippen LogP contribution is -2.06. The second kappa shape index (κ2) is 5.55. The first kappa shape index (κ1) is 13.6. The van der Waals surface area contributed by atoms with Crippen molar-refractivity contribution in [3.8, 4) is 0 Å². The topological polar surface area (TPSA) is 20.2 Å². The summed E-state index contributed by atoms with van der Waals surface area (Å²) in [6.07, 6.45) is 3.80. The molecule has 3 rings (SSSR count). The molecule has 0 amide bonds. The Morgan fingerprint density at radius 3 is 2.50 bits per heavy atom. The Morgan fingerprint density at radius 2 is 1.75 bits per heavy atom. The highest BCUT2D eigenvalue weighted by Crippen LogP contribution is 2.31. The van der Waals surface area contributed by atoms with Gasteiger partial charge in [0.2, 0.25) is 0 Å². The molecular weight excluding hydrogens is 275 g/mol. The van der Waals surface area contributed by atoms with Crippen molar-refractivity contribution in [3.05, 3.63) is 69.5 Å². The monoisotopic (exact) mass is 290 g/mol. The Labute approximate surface area is 123 Å². The minimum atomic E-state index is -0.810. The Bertz CT molecular complexity index is 639. The third-order valence-electron chi connectivity index (χ3n) is 3.95. The molecule has 0 heterocycles. The summed E-state index contributed by atoms with van der Waals surface area (Å²) < 4.78 is 13.1. The van der Waals surface area contributed by atoms with Gasteiger partial charge in [-0.25, -0.2) is 4.39 Å². The molecule has 2 aromatic rings. The first-order valence-electron chi connectivity index (χ1n) is 6.90. The summed E-state index contributed by atoms with van der Waals surface area (Å²) in [6, 6.07) is 10.2. The van der Waals surface area contributed by atoms with Gasteiger partial charge in [0, 0.05) is 10.6 Å². The van der Waals surface area contributed by atoms with Crippen molar-refractivity contribution in [1.82, 2.24) is 0 Å². The summed E-state index contributed by atoms with van der Waals surface area (Å²) in [5.74, 6) is -0.392. The molecule has 0 aromatic heterocycles. The minimum Gasteiger partial charge on any atom is -0.384 e. The summed E-state index contributed by atoms with van der Waals surface area (Å²) >= 11 is 6.02. The molecule has 1 atom stereocenters. The molecule has 1 aliphatic carbocycles. The van der Waals surface area contributed by atoms with Crippen molar-refractivity contribution in [2.75, 3.05) is 0 Å². The van der Waals surface area contributed by atoms with Crippen LogP contribution >= 0.6 is 11.6 Å². The third kappa shape index (κ3) is 2.58. The molecule has 104 valence electrons. The van der Waals surface area contributed by atoms with E-state index in [4.69, 9.17) is 11.6 Å². The van der Waals surface area contributed by atoms with Crippen LogP contribution in [0.15, 0.2) is 36.4 Å². The summed E-state index contributed by atoms with van der Waals surface area (Å²) in [6.45, 7) is 0. The standard InChI is InChI=1S/C17H16ClFO/c18-16-10-14(19)7-8-15(16)17(20)13-6-5-11-3-1-2-4-12(11)9-13/h5-10,17,20H,1-4H2. The van der Waals surface area contributed by atoms with Crippen LogP contribution in [0.25, 0.3) is 0 Å².